The zero-order valence-electron chi connectivity index (χ0n) is 18.6. The normalized spacial score (nSPS) is 12.0. The van der Waals surface area contributed by atoms with Gasteiger partial charge in [0.25, 0.3) is 0 Å². The topological polar surface area (TPSA) is 55.8 Å². The second-order valence-corrected chi connectivity index (χ2v) is 8.15. The predicted molar refractivity (Wildman–Crippen MR) is 118 cm³/mol. The first kappa shape index (κ1) is 23.5. The van der Waals surface area contributed by atoms with Gasteiger partial charge in [-0.15, -0.1) is 0 Å². The Kier molecular flexibility index (Phi) is 8.90. The van der Waals surface area contributed by atoms with Crippen molar-refractivity contribution in [2.75, 3.05) is 19.8 Å². The third-order valence-corrected chi connectivity index (χ3v) is 4.57. The second-order valence-electron chi connectivity index (χ2n) is 8.15. The summed E-state index contributed by atoms with van der Waals surface area (Å²) in [7, 11) is 0. The highest BCUT2D eigenvalue weighted by Gasteiger charge is 2.30. The molecule has 1 atom stereocenters. The van der Waals surface area contributed by atoms with E-state index in [1.807, 2.05) is 83.1 Å². The third kappa shape index (κ3) is 6.34. The first-order chi connectivity index (χ1) is 14.3. The fraction of sp³-hybridized carbons (Fsp3) is 0.440. The lowest BCUT2D eigenvalue weighted by Gasteiger charge is -2.32. The maximum atomic E-state index is 13.0. The highest BCUT2D eigenvalue weighted by atomic mass is 16.6. The van der Waals surface area contributed by atoms with Crippen molar-refractivity contribution in [1.82, 2.24) is 4.90 Å². The van der Waals surface area contributed by atoms with E-state index in [0.717, 1.165) is 11.1 Å². The van der Waals surface area contributed by atoms with E-state index in [2.05, 4.69) is 0 Å². The van der Waals surface area contributed by atoms with Gasteiger partial charge in [0, 0.05) is 6.54 Å². The summed E-state index contributed by atoms with van der Waals surface area (Å²) in [5.41, 5.74) is 2.09. The second kappa shape index (κ2) is 11.4. The first-order valence-corrected chi connectivity index (χ1v) is 10.6. The van der Waals surface area contributed by atoms with Gasteiger partial charge in [0.15, 0.2) is 0 Å². The van der Waals surface area contributed by atoms with E-state index in [0.29, 0.717) is 25.3 Å². The van der Waals surface area contributed by atoms with Crippen molar-refractivity contribution in [3.8, 4) is 0 Å². The molecule has 5 nitrogen and oxygen atoms in total. The van der Waals surface area contributed by atoms with Crippen LogP contribution in [0.5, 0.6) is 0 Å². The average Bonchev–Trinajstić information content (AvgIpc) is 2.74. The molecule has 0 spiro atoms. The van der Waals surface area contributed by atoms with E-state index in [1.54, 1.807) is 11.0 Å². The lowest BCUT2D eigenvalue weighted by atomic mass is 9.93. The summed E-state index contributed by atoms with van der Waals surface area (Å²) >= 11 is 0. The summed E-state index contributed by atoms with van der Waals surface area (Å²) < 4.78 is 11.0. The lowest BCUT2D eigenvalue weighted by Crippen LogP contribution is -2.37. The number of ether oxygens (including phenoxy) is 2. The molecule has 0 radical (unpaired) electrons. The Labute approximate surface area is 180 Å². The Morgan fingerprint density at radius 2 is 1.40 bits per heavy atom. The number of esters is 1. The smallest absolute Gasteiger partial charge is 0.410 e. The van der Waals surface area contributed by atoms with Gasteiger partial charge in [-0.1, -0.05) is 76.2 Å². The van der Waals surface area contributed by atoms with E-state index in [-0.39, 0.29) is 17.8 Å². The van der Waals surface area contributed by atoms with Crippen LogP contribution in [-0.4, -0.2) is 36.7 Å². The van der Waals surface area contributed by atoms with Gasteiger partial charge in [-0.2, -0.15) is 0 Å². The Morgan fingerprint density at radius 1 is 0.833 bits per heavy atom. The molecule has 0 fully saturated rings. The molecule has 1 unspecified atom stereocenters. The fourth-order valence-electron chi connectivity index (χ4n) is 3.14. The van der Waals surface area contributed by atoms with E-state index in [9.17, 15) is 9.59 Å². The van der Waals surface area contributed by atoms with Gasteiger partial charge in [0.1, 0.15) is 0 Å². The molecule has 0 aliphatic carbocycles. The van der Waals surface area contributed by atoms with Crippen molar-refractivity contribution >= 4 is 12.1 Å². The van der Waals surface area contributed by atoms with Crippen molar-refractivity contribution in [1.29, 1.82) is 0 Å². The summed E-state index contributed by atoms with van der Waals surface area (Å²) in [5, 5.41) is 0. The van der Waals surface area contributed by atoms with Crippen LogP contribution in [0.3, 0.4) is 0 Å². The molecule has 2 rings (SSSR count). The zero-order valence-corrected chi connectivity index (χ0v) is 18.6. The van der Waals surface area contributed by atoms with Gasteiger partial charge in [-0.05, 0) is 36.0 Å². The minimum atomic E-state index is -0.460. The van der Waals surface area contributed by atoms with Crippen molar-refractivity contribution in [2.24, 2.45) is 11.8 Å². The maximum Gasteiger partial charge on any atom is 0.410 e. The number of hydrogen-bond acceptors (Lipinski definition) is 4. The zero-order chi connectivity index (χ0) is 22.1. The van der Waals surface area contributed by atoms with E-state index >= 15 is 0 Å². The summed E-state index contributed by atoms with van der Waals surface area (Å²) in [6.07, 6.45) is -0.398. The van der Waals surface area contributed by atoms with Gasteiger partial charge in [-0.25, -0.2) is 9.59 Å². The molecule has 0 heterocycles. The maximum absolute atomic E-state index is 13.0. The number of carbonyl (C=O) groups excluding carboxylic acids is 2. The predicted octanol–water partition coefficient (Wildman–Crippen LogP) is 5.70. The quantitative estimate of drug-likeness (QED) is 0.497. The molecule has 0 N–H and O–H groups in total. The number of benzene rings is 2. The van der Waals surface area contributed by atoms with Crippen LogP contribution in [0.2, 0.25) is 0 Å². The van der Waals surface area contributed by atoms with Crippen LogP contribution in [0.25, 0.3) is 0 Å². The Hall–Kier alpha value is -2.82. The van der Waals surface area contributed by atoms with Crippen LogP contribution in [-0.2, 0) is 9.47 Å². The summed E-state index contributed by atoms with van der Waals surface area (Å²) in [4.78, 5) is 27.5. The van der Waals surface area contributed by atoms with Crippen LogP contribution >= 0.6 is 0 Å². The van der Waals surface area contributed by atoms with Crippen LogP contribution in [0.1, 0.15) is 62.1 Å². The van der Waals surface area contributed by atoms with E-state index in [4.69, 9.17) is 9.47 Å². The van der Waals surface area contributed by atoms with Crippen LogP contribution in [0.4, 0.5) is 4.79 Å². The van der Waals surface area contributed by atoms with Gasteiger partial charge < -0.3 is 9.47 Å². The van der Waals surface area contributed by atoms with Crippen molar-refractivity contribution < 1.29 is 19.1 Å². The minimum absolute atomic E-state index is 0.237. The molecular formula is C25H33NO4. The van der Waals surface area contributed by atoms with Gasteiger partial charge in [0.2, 0.25) is 0 Å². The van der Waals surface area contributed by atoms with Crippen LogP contribution in [0.15, 0.2) is 54.6 Å². The van der Waals surface area contributed by atoms with Crippen LogP contribution in [0, 0.1) is 11.8 Å². The number of carbonyl (C=O) groups is 2. The Bertz CT molecular complexity index is 817. The molecule has 0 saturated carbocycles. The number of amides is 1. The Balaban J connectivity index is 2.48. The molecule has 2 aromatic carbocycles. The SMILES string of the molecule is CCN(C(=O)OCC(C)C)C(c1ccccc1)c1ccccc1C(=O)OCC(C)C. The van der Waals surface area contributed by atoms with Crippen molar-refractivity contribution in [3.05, 3.63) is 71.3 Å². The van der Waals surface area contributed by atoms with E-state index < -0.39 is 12.1 Å². The Morgan fingerprint density at radius 3 is 2.00 bits per heavy atom. The number of hydrogen-bond donors (Lipinski definition) is 0. The van der Waals surface area contributed by atoms with Crippen LogP contribution < -0.4 is 0 Å². The molecular weight excluding hydrogens is 378 g/mol. The van der Waals surface area contributed by atoms with Gasteiger partial charge in [0.05, 0.1) is 24.8 Å². The molecule has 0 bridgehead atoms. The molecule has 0 saturated heterocycles. The molecule has 0 aromatic heterocycles. The van der Waals surface area contributed by atoms with Gasteiger partial charge in [-0.3, -0.25) is 4.90 Å². The number of nitrogens with zero attached hydrogens (tertiary/aromatic N) is 1. The van der Waals surface area contributed by atoms with Crippen molar-refractivity contribution in [3.63, 3.8) is 0 Å². The lowest BCUT2D eigenvalue weighted by molar-refractivity contribution is 0.0453. The fourth-order valence-corrected chi connectivity index (χ4v) is 3.14. The first-order valence-electron chi connectivity index (χ1n) is 10.6. The monoisotopic (exact) mass is 411 g/mol. The standard InChI is InChI=1S/C25H33NO4/c1-6-26(25(28)30-17-19(4)5)23(20-12-8-7-9-13-20)21-14-10-11-15-22(21)24(27)29-16-18(2)3/h7-15,18-19,23H,6,16-17H2,1-5H3. The summed E-state index contributed by atoms with van der Waals surface area (Å²) in [5.74, 6) is 0.0946. The third-order valence-electron chi connectivity index (χ3n) is 4.57. The largest absolute Gasteiger partial charge is 0.462 e. The molecule has 30 heavy (non-hydrogen) atoms. The molecule has 162 valence electrons. The summed E-state index contributed by atoms with van der Waals surface area (Å²) in [6.45, 7) is 11.0. The molecule has 2 aromatic rings. The van der Waals surface area contributed by atoms with Gasteiger partial charge >= 0.3 is 12.1 Å². The van der Waals surface area contributed by atoms with Crippen molar-refractivity contribution in [2.45, 2.75) is 40.7 Å². The minimum Gasteiger partial charge on any atom is -0.462 e. The number of rotatable bonds is 9. The van der Waals surface area contributed by atoms with E-state index in [1.165, 1.54) is 0 Å². The average molecular weight is 412 g/mol. The molecule has 1 amide bonds. The highest BCUT2D eigenvalue weighted by molar-refractivity contribution is 5.91. The molecule has 5 heteroatoms. The highest BCUT2D eigenvalue weighted by Crippen LogP contribution is 2.32. The molecule has 0 aliphatic rings. The summed E-state index contributed by atoms with van der Waals surface area (Å²) in [6, 6.07) is 16.5. The molecule has 0 aliphatic heterocycles.